The number of amides is 1. The summed E-state index contributed by atoms with van der Waals surface area (Å²) in [5, 5.41) is 21.1. The quantitative estimate of drug-likeness (QED) is 0.225. The van der Waals surface area contributed by atoms with Gasteiger partial charge in [-0.25, -0.2) is 0 Å². The highest BCUT2D eigenvalue weighted by Gasteiger charge is 2.47. The van der Waals surface area contributed by atoms with Crippen LogP contribution in [0.4, 0.5) is 11.4 Å². The van der Waals surface area contributed by atoms with E-state index in [9.17, 15) is 19.8 Å². The van der Waals surface area contributed by atoms with E-state index < -0.39 is 17.7 Å². The summed E-state index contributed by atoms with van der Waals surface area (Å²) in [6.07, 6.45) is 0. The molecular weight excluding hydrogens is 524 g/mol. The average molecular weight is 551 g/mol. The lowest BCUT2D eigenvalue weighted by Gasteiger charge is -2.27. The first-order valence-corrected chi connectivity index (χ1v) is 12.4. The molecule has 0 aliphatic carbocycles. The number of carbonyl (C=O) groups excluding carboxylic acids is 2. The molecule has 3 aromatic carbocycles. The molecule has 1 heterocycles. The number of halogens is 1. The number of phenolic OH excluding ortho intramolecular Hbond substituents is 1. The number of rotatable bonds is 7. The molecule has 0 spiro atoms. The lowest BCUT2D eigenvalue weighted by atomic mass is 9.95. The lowest BCUT2D eigenvalue weighted by Crippen LogP contribution is -2.29. The van der Waals surface area contributed by atoms with Crippen molar-refractivity contribution in [2.45, 2.75) is 19.9 Å². The van der Waals surface area contributed by atoms with E-state index in [1.165, 1.54) is 24.1 Å². The molecule has 7 nitrogen and oxygen atoms in total. The van der Waals surface area contributed by atoms with Gasteiger partial charge in [-0.05, 0) is 89.9 Å². The first kappa shape index (κ1) is 25.3. The van der Waals surface area contributed by atoms with Gasteiger partial charge in [-0.15, -0.1) is 0 Å². The summed E-state index contributed by atoms with van der Waals surface area (Å²) in [6.45, 7) is 5.81. The number of benzene rings is 3. The third-order valence-corrected chi connectivity index (χ3v) is 6.95. The fraction of sp³-hybridized carbons (Fsp3) is 0.214. The maximum Gasteiger partial charge on any atom is 0.300 e. The number of nitrogens with zero attached hydrogens (tertiary/aromatic N) is 2. The van der Waals surface area contributed by atoms with Crippen molar-refractivity contribution in [3.05, 3.63) is 87.9 Å². The van der Waals surface area contributed by atoms with E-state index in [2.05, 4.69) is 34.7 Å². The molecule has 4 rings (SSSR count). The van der Waals surface area contributed by atoms with Crippen molar-refractivity contribution in [1.29, 1.82) is 0 Å². The second kappa shape index (κ2) is 10.5. The van der Waals surface area contributed by atoms with Crippen LogP contribution in [0, 0.1) is 0 Å². The number of hydrogen-bond acceptors (Lipinski definition) is 6. The minimum absolute atomic E-state index is 0.0319. The summed E-state index contributed by atoms with van der Waals surface area (Å²) in [5.74, 6) is -1.20. The van der Waals surface area contributed by atoms with Gasteiger partial charge in [0.15, 0.2) is 0 Å². The van der Waals surface area contributed by atoms with Gasteiger partial charge < -0.3 is 19.8 Å². The lowest BCUT2D eigenvalue weighted by molar-refractivity contribution is -0.132. The summed E-state index contributed by atoms with van der Waals surface area (Å²) in [4.78, 5) is 30.2. The SMILES string of the molecule is CCN(CC)c1ccc(N2C(=O)C(=O)/C(=C(\O)c3ccc(OC)c(Br)c3)C2c2ccc(O)cc2)cc1. The van der Waals surface area contributed by atoms with E-state index in [1.54, 1.807) is 42.5 Å². The predicted molar refractivity (Wildman–Crippen MR) is 144 cm³/mol. The molecule has 1 fully saturated rings. The molecule has 1 unspecified atom stereocenters. The van der Waals surface area contributed by atoms with Crippen molar-refractivity contribution in [2.24, 2.45) is 0 Å². The zero-order valence-corrected chi connectivity index (χ0v) is 21.8. The van der Waals surface area contributed by atoms with Gasteiger partial charge in [0.25, 0.3) is 11.7 Å². The molecule has 186 valence electrons. The number of methoxy groups -OCH3 is 1. The summed E-state index contributed by atoms with van der Waals surface area (Å²) in [7, 11) is 1.53. The molecule has 1 amide bonds. The molecule has 0 aromatic heterocycles. The van der Waals surface area contributed by atoms with Crippen molar-refractivity contribution >= 4 is 44.8 Å². The summed E-state index contributed by atoms with van der Waals surface area (Å²) in [6, 6.07) is 17.7. The Balaban J connectivity index is 1.87. The Hall–Kier alpha value is -3.78. The van der Waals surface area contributed by atoms with Gasteiger partial charge in [-0.2, -0.15) is 0 Å². The standard InChI is InChI=1S/C28H27BrN2O5/c1-4-30(5-2)19-9-11-20(12-10-19)31-25(17-6-13-21(32)14-7-17)24(27(34)28(31)35)26(33)18-8-15-23(36-3)22(29)16-18/h6-16,25,32-33H,4-5H2,1-3H3/b26-24-. The van der Waals surface area contributed by atoms with Gasteiger partial charge in [-0.1, -0.05) is 12.1 Å². The third-order valence-electron chi connectivity index (χ3n) is 6.33. The molecule has 36 heavy (non-hydrogen) atoms. The number of hydrogen-bond donors (Lipinski definition) is 2. The number of aliphatic hydroxyl groups is 1. The maximum absolute atomic E-state index is 13.3. The summed E-state index contributed by atoms with van der Waals surface area (Å²) < 4.78 is 5.86. The van der Waals surface area contributed by atoms with Crippen LogP contribution < -0.4 is 14.5 Å². The van der Waals surface area contributed by atoms with Crippen LogP contribution in [0.5, 0.6) is 11.5 Å². The zero-order valence-electron chi connectivity index (χ0n) is 20.2. The van der Waals surface area contributed by atoms with Crippen LogP contribution in [-0.2, 0) is 9.59 Å². The van der Waals surface area contributed by atoms with E-state index in [0.29, 0.717) is 27.0 Å². The third kappa shape index (κ3) is 4.56. The molecular formula is C28H27BrN2O5. The van der Waals surface area contributed by atoms with Crippen molar-refractivity contribution < 1.29 is 24.5 Å². The van der Waals surface area contributed by atoms with Gasteiger partial charge in [0.05, 0.1) is 23.2 Å². The largest absolute Gasteiger partial charge is 0.508 e. The second-order valence-electron chi connectivity index (χ2n) is 8.30. The van der Waals surface area contributed by atoms with Crippen molar-refractivity contribution in [3.63, 3.8) is 0 Å². The molecule has 0 saturated carbocycles. The number of aromatic hydroxyl groups is 1. The first-order valence-electron chi connectivity index (χ1n) is 11.6. The number of aliphatic hydroxyl groups excluding tert-OH is 1. The van der Waals surface area contributed by atoms with Crippen LogP contribution in [0.1, 0.15) is 31.0 Å². The zero-order chi connectivity index (χ0) is 26.0. The highest BCUT2D eigenvalue weighted by Crippen LogP contribution is 2.43. The van der Waals surface area contributed by atoms with Crippen LogP contribution >= 0.6 is 15.9 Å². The Morgan fingerprint density at radius 1 is 1.00 bits per heavy atom. The van der Waals surface area contributed by atoms with E-state index in [-0.39, 0.29) is 17.1 Å². The highest BCUT2D eigenvalue weighted by molar-refractivity contribution is 9.10. The molecule has 8 heteroatoms. The molecule has 1 saturated heterocycles. The van der Waals surface area contributed by atoms with Crippen LogP contribution in [-0.4, -0.2) is 42.1 Å². The Kier molecular flexibility index (Phi) is 7.35. The topological polar surface area (TPSA) is 90.3 Å². The second-order valence-corrected chi connectivity index (χ2v) is 9.15. The van der Waals surface area contributed by atoms with Crippen LogP contribution in [0.2, 0.25) is 0 Å². The number of ketones is 1. The van der Waals surface area contributed by atoms with E-state index in [0.717, 1.165) is 18.8 Å². The first-order chi connectivity index (χ1) is 17.3. The summed E-state index contributed by atoms with van der Waals surface area (Å²) in [5.41, 5.74) is 2.44. The van der Waals surface area contributed by atoms with Gasteiger partial charge in [0, 0.05) is 30.0 Å². The predicted octanol–water partition coefficient (Wildman–Crippen LogP) is 5.64. The minimum Gasteiger partial charge on any atom is -0.508 e. The number of ether oxygens (including phenoxy) is 1. The number of Topliss-reactive ketones (excluding diaryl/α,β-unsaturated/α-hetero) is 1. The van der Waals surface area contributed by atoms with Crippen LogP contribution in [0.3, 0.4) is 0 Å². The molecule has 1 aliphatic rings. The maximum atomic E-state index is 13.3. The normalized spacial score (nSPS) is 16.9. The smallest absolute Gasteiger partial charge is 0.300 e. The Bertz CT molecular complexity index is 1310. The minimum atomic E-state index is -0.884. The molecule has 0 radical (unpaired) electrons. The van der Waals surface area contributed by atoms with E-state index in [4.69, 9.17) is 4.74 Å². The summed E-state index contributed by atoms with van der Waals surface area (Å²) >= 11 is 3.41. The highest BCUT2D eigenvalue weighted by atomic mass is 79.9. The van der Waals surface area contributed by atoms with Crippen LogP contribution in [0.25, 0.3) is 5.76 Å². The fourth-order valence-electron chi connectivity index (χ4n) is 4.45. The average Bonchev–Trinajstić information content (AvgIpc) is 3.15. The molecule has 1 atom stereocenters. The van der Waals surface area contributed by atoms with Crippen molar-refractivity contribution in [3.8, 4) is 11.5 Å². The number of anilines is 2. The Labute approximate surface area is 218 Å². The van der Waals surface area contributed by atoms with Gasteiger partial charge in [-0.3, -0.25) is 14.5 Å². The monoisotopic (exact) mass is 550 g/mol. The fourth-order valence-corrected chi connectivity index (χ4v) is 4.99. The number of phenols is 1. The molecule has 1 aliphatic heterocycles. The Morgan fingerprint density at radius 3 is 2.19 bits per heavy atom. The van der Waals surface area contributed by atoms with Gasteiger partial charge in [0.2, 0.25) is 0 Å². The molecule has 2 N–H and O–H groups in total. The molecule has 0 bridgehead atoms. The van der Waals surface area contributed by atoms with Gasteiger partial charge >= 0.3 is 0 Å². The van der Waals surface area contributed by atoms with Crippen molar-refractivity contribution in [1.82, 2.24) is 0 Å². The van der Waals surface area contributed by atoms with E-state index in [1.807, 2.05) is 12.1 Å². The number of carbonyl (C=O) groups is 2. The van der Waals surface area contributed by atoms with Crippen molar-refractivity contribution in [2.75, 3.05) is 30.0 Å². The van der Waals surface area contributed by atoms with Gasteiger partial charge in [0.1, 0.15) is 17.3 Å². The van der Waals surface area contributed by atoms with Crippen LogP contribution in [0.15, 0.2) is 76.8 Å². The van der Waals surface area contributed by atoms with E-state index >= 15 is 0 Å². The molecule has 3 aromatic rings. The Morgan fingerprint density at radius 2 is 1.64 bits per heavy atom.